The molecule has 0 saturated heterocycles. The van der Waals surface area contributed by atoms with Crippen LogP contribution in [0.2, 0.25) is 19.6 Å². The van der Waals surface area contributed by atoms with Gasteiger partial charge in [-0.25, -0.2) is 0 Å². The summed E-state index contributed by atoms with van der Waals surface area (Å²) >= 11 is 0. The van der Waals surface area contributed by atoms with Gasteiger partial charge in [0.25, 0.3) is 0 Å². The second-order valence-corrected chi connectivity index (χ2v) is 9.73. The molecular formula is C10H18OSi. The summed E-state index contributed by atoms with van der Waals surface area (Å²) in [7, 11) is -1.20. The van der Waals surface area contributed by atoms with Gasteiger partial charge in [-0.3, -0.25) is 4.79 Å². The Balaban J connectivity index is 3.01. The number of carbonyl (C=O) groups excluding carboxylic acids is 1. The minimum Gasteiger partial charge on any atom is -0.295 e. The zero-order chi connectivity index (χ0) is 9.35. The van der Waals surface area contributed by atoms with E-state index in [1.807, 2.05) is 6.92 Å². The molecule has 0 spiro atoms. The number of allylic oxidation sites excluding steroid dienone is 2. The average Bonchev–Trinajstić information content (AvgIpc) is 1.92. The molecule has 0 aromatic rings. The van der Waals surface area contributed by atoms with Crippen LogP contribution >= 0.6 is 0 Å². The maximum Gasteiger partial charge on any atom is 0.158 e. The molecule has 1 nitrogen and oxygen atoms in total. The lowest BCUT2D eigenvalue weighted by atomic mass is 9.99. The highest BCUT2D eigenvalue weighted by Crippen LogP contribution is 2.29. The number of hydrogen-bond donors (Lipinski definition) is 0. The van der Waals surface area contributed by atoms with E-state index in [1.54, 1.807) is 0 Å². The van der Waals surface area contributed by atoms with Crippen molar-refractivity contribution in [2.45, 2.75) is 45.8 Å². The van der Waals surface area contributed by atoms with Gasteiger partial charge in [0.05, 0.1) is 8.07 Å². The molecular weight excluding hydrogens is 164 g/mol. The van der Waals surface area contributed by atoms with Crippen molar-refractivity contribution in [3.8, 4) is 0 Å². The molecule has 0 fully saturated rings. The fraction of sp³-hybridized carbons (Fsp3) is 0.700. The Morgan fingerprint density at radius 3 is 2.17 bits per heavy atom. The first-order chi connectivity index (χ1) is 5.43. The summed E-state index contributed by atoms with van der Waals surface area (Å²) in [5.41, 5.74) is 1.08. The predicted molar refractivity (Wildman–Crippen MR) is 54.9 cm³/mol. The molecule has 0 saturated carbocycles. The van der Waals surface area contributed by atoms with E-state index in [0.29, 0.717) is 5.78 Å². The van der Waals surface area contributed by atoms with E-state index in [9.17, 15) is 4.79 Å². The lowest BCUT2D eigenvalue weighted by Gasteiger charge is -2.26. The van der Waals surface area contributed by atoms with Gasteiger partial charge in [-0.05, 0) is 25.3 Å². The van der Waals surface area contributed by atoms with Crippen LogP contribution in [0.4, 0.5) is 0 Å². The Morgan fingerprint density at radius 2 is 1.75 bits per heavy atom. The summed E-state index contributed by atoms with van der Waals surface area (Å²) < 4.78 is 0. The van der Waals surface area contributed by atoms with E-state index in [-0.39, 0.29) is 0 Å². The first-order valence-corrected chi connectivity index (χ1v) is 8.16. The van der Waals surface area contributed by atoms with Crippen LogP contribution in [0.3, 0.4) is 0 Å². The van der Waals surface area contributed by atoms with Crippen molar-refractivity contribution in [2.24, 2.45) is 0 Å². The van der Waals surface area contributed by atoms with Crippen LogP contribution in [0, 0.1) is 0 Å². The molecule has 1 aliphatic rings. The van der Waals surface area contributed by atoms with Gasteiger partial charge in [0.1, 0.15) is 0 Å². The Morgan fingerprint density at radius 1 is 1.17 bits per heavy atom. The van der Waals surface area contributed by atoms with Crippen molar-refractivity contribution in [1.29, 1.82) is 0 Å². The lowest BCUT2D eigenvalue weighted by Crippen LogP contribution is -2.29. The Bertz CT molecular complexity index is 233. The van der Waals surface area contributed by atoms with E-state index >= 15 is 0 Å². The van der Waals surface area contributed by atoms with Crippen molar-refractivity contribution in [2.75, 3.05) is 0 Å². The average molecular weight is 182 g/mol. The van der Waals surface area contributed by atoms with Crippen molar-refractivity contribution >= 4 is 13.9 Å². The lowest BCUT2D eigenvalue weighted by molar-refractivity contribution is -0.115. The second kappa shape index (κ2) is 3.17. The summed E-state index contributed by atoms with van der Waals surface area (Å²) in [6, 6.07) is 0. The van der Waals surface area contributed by atoms with Crippen LogP contribution in [0.15, 0.2) is 10.8 Å². The van der Waals surface area contributed by atoms with Crippen LogP contribution < -0.4 is 0 Å². The van der Waals surface area contributed by atoms with E-state index < -0.39 is 8.07 Å². The normalized spacial score (nSPS) is 20.2. The van der Waals surface area contributed by atoms with Gasteiger partial charge >= 0.3 is 0 Å². The zero-order valence-electron chi connectivity index (χ0n) is 8.53. The van der Waals surface area contributed by atoms with E-state index in [1.165, 1.54) is 11.6 Å². The number of carbonyl (C=O) groups is 1. The zero-order valence-corrected chi connectivity index (χ0v) is 9.53. The standard InChI is InChI=1S/C10H18OSi/c1-8-9(11)6-5-7-10(8)12(2,3)4/h5-7H2,1-4H3. The van der Waals surface area contributed by atoms with Gasteiger partial charge in [-0.2, -0.15) is 0 Å². The SMILES string of the molecule is CC1=C([Si](C)(C)C)CCCC1=O. The Kier molecular flexibility index (Phi) is 2.57. The molecule has 0 bridgehead atoms. The second-order valence-electron chi connectivity index (χ2n) is 4.63. The van der Waals surface area contributed by atoms with E-state index in [0.717, 1.165) is 18.4 Å². The van der Waals surface area contributed by atoms with Crippen molar-refractivity contribution in [3.63, 3.8) is 0 Å². The number of Topliss-reactive ketones (excluding diaryl/α,β-unsaturated/α-hetero) is 1. The molecule has 0 atom stereocenters. The summed E-state index contributed by atoms with van der Waals surface area (Å²) in [6.45, 7) is 8.98. The van der Waals surface area contributed by atoms with Crippen LogP contribution in [0.25, 0.3) is 0 Å². The van der Waals surface area contributed by atoms with Crippen LogP contribution in [-0.4, -0.2) is 13.9 Å². The largest absolute Gasteiger partial charge is 0.295 e. The van der Waals surface area contributed by atoms with Crippen LogP contribution in [-0.2, 0) is 4.79 Å². The molecule has 0 heterocycles. The summed E-state index contributed by atoms with van der Waals surface area (Å²) in [6.07, 6.45) is 3.03. The predicted octanol–water partition coefficient (Wildman–Crippen LogP) is 2.93. The summed E-state index contributed by atoms with van der Waals surface area (Å²) in [5, 5.41) is 1.50. The van der Waals surface area contributed by atoms with Gasteiger partial charge < -0.3 is 0 Å². The van der Waals surface area contributed by atoms with E-state index in [2.05, 4.69) is 19.6 Å². The van der Waals surface area contributed by atoms with Crippen molar-refractivity contribution in [1.82, 2.24) is 0 Å². The van der Waals surface area contributed by atoms with Crippen molar-refractivity contribution in [3.05, 3.63) is 10.8 Å². The van der Waals surface area contributed by atoms with Gasteiger partial charge in [0.2, 0.25) is 0 Å². The first-order valence-electron chi connectivity index (χ1n) is 4.66. The van der Waals surface area contributed by atoms with Crippen LogP contribution in [0.5, 0.6) is 0 Å². The molecule has 0 amide bonds. The van der Waals surface area contributed by atoms with Gasteiger partial charge in [-0.1, -0.05) is 24.8 Å². The number of hydrogen-bond acceptors (Lipinski definition) is 1. The minimum absolute atomic E-state index is 0.388. The quantitative estimate of drug-likeness (QED) is 0.570. The first kappa shape index (κ1) is 9.71. The molecule has 0 N–H and O–H groups in total. The number of ketones is 1. The molecule has 2 heteroatoms. The number of rotatable bonds is 1. The fourth-order valence-electron chi connectivity index (χ4n) is 1.91. The molecule has 0 radical (unpaired) electrons. The van der Waals surface area contributed by atoms with Gasteiger partial charge in [-0.15, -0.1) is 0 Å². The smallest absolute Gasteiger partial charge is 0.158 e. The molecule has 0 aromatic heterocycles. The Labute approximate surface area is 75.9 Å². The highest BCUT2D eigenvalue weighted by atomic mass is 28.3. The third-order valence-corrected chi connectivity index (χ3v) is 5.04. The molecule has 1 aliphatic carbocycles. The van der Waals surface area contributed by atoms with Crippen molar-refractivity contribution < 1.29 is 4.79 Å². The monoisotopic (exact) mass is 182 g/mol. The maximum absolute atomic E-state index is 11.4. The topological polar surface area (TPSA) is 17.1 Å². The molecule has 0 unspecified atom stereocenters. The minimum atomic E-state index is -1.20. The molecule has 0 aliphatic heterocycles. The Hall–Kier alpha value is -0.373. The molecule has 0 aromatic carbocycles. The third kappa shape index (κ3) is 1.86. The summed E-state index contributed by atoms with van der Waals surface area (Å²) in [5.74, 6) is 0.388. The van der Waals surface area contributed by atoms with Crippen LogP contribution in [0.1, 0.15) is 26.2 Å². The van der Waals surface area contributed by atoms with Gasteiger partial charge in [0.15, 0.2) is 5.78 Å². The molecule has 1 rings (SSSR count). The maximum atomic E-state index is 11.4. The highest BCUT2D eigenvalue weighted by Gasteiger charge is 2.26. The molecule has 12 heavy (non-hydrogen) atoms. The fourth-order valence-corrected chi connectivity index (χ4v) is 4.10. The molecule has 68 valence electrons. The van der Waals surface area contributed by atoms with Gasteiger partial charge in [0, 0.05) is 6.42 Å². The van der Waals surface area contributed by atoms with E-state index in [4.69, 9.17) is 0 Å². The third-order valence-electron chi connectivity index (χ3n) is 2.61. The highest BCUT2D eigenvalue weighted by molar-refractivity contribution is 6.83. The summed E-state index contributed by atoms with van der Waals surface area (Å²) in [4.78, 5) is 11.4.